The smallest absolute Gasteiger partial charge is 0.0853 e. The highest BCUT2D eigenvalue weighted by Crippen LogP contribution is 2.63. The summed E-state index contributed by atoms with van der Waals surface area (Å²) in [5.41, 5.74) is 1.22. The van der Waals surface area contributed by atoms with Crippen molar-refractivity contribution in [1.82, 2.24) is 0 Å². The predicted molar refractivity (Wildman–Crippen MR) is 90.4 cm³/mol. The Balaban J connectivity index is 1.95. The number of hydrogen-bond acceptors (Lipinski definition) is 2. The Kier molecular flexibility index (Phi) is 3.81. The van der Waals surface area contributed by atoms with E-state index in [-0.39, 0.29) is 17.4 Å². The Morgan fingerprint density at radius 2 is 1.77 bits per heavy atom. The number of aliphatic hydroxyl groups is 2. The van der Waals surface area contributed by atoms with E-state index in [4.69, 9.17) is 0 Å². The predicted octanol–water partition coefficient (Wildman–Crippen LogP) is 4.31. The second-order valence-electron chi connectivity index (χ2n) is 9.43. The molecule has 0 heterocycles. The van der Waals surface area contributed by atoms with Crippen LogP contribution in [0.25, 0.3) is 0 Å². The van der Waals surface area contributed by atoms with Gasteiger partial charge in [0.15, 0.2) is 0 Å². The summed E-state index contributed by atoms with van der Waals surface area (Å²) in [5.74, 6) is 1.49. The highest BCUT2D eigenvalue weighted by molar-refractivity contribution is 5.26. The van der Waals surface area contributed by atoms with E-state index < -0.39 is 5.60 Å². The first-order valence-corrected chi connectivity index (χ1v) is 9.23. The summed E-state index contributed by atoms with van der Waals surface area (Å²) in [6.07, 6.45) is 8.40. The Bertz CT molecular complexity index is 478. The number of aliphatic hydroxyl groups excluding tert-OH is 1. The molecule has 22 heavy (non-hydrogen) atoms. The van der Waals surface area contributed by atoms with Crippen LogP contribution in [0.5, 0.6) is 0 Å². The van der Waals surface area contributed by atoms with E-state index >= 15 is 0 Å². The minimum Gasteiger partial charge on any atom is -0.393 e. The normalized spacial score (nSPS) is 47.6. The van der Waals surface area contributed by atoms with Crippen LogP contribution in [-0.2, 0) is 0 Å². The van der Waals surface area contributed by atoms with Crippen LogP contribution >= 0.6 is 0 Å². The topological polar surface area (TPSA) is 40.5 Å². The van der Waals surface area contributed by atoms with Crippen LogP contribution in [0, 0.1) is 28.6 Å². The standard InChI is InChI=1S/C20H34O2/c1-13(2)20(22)11-8-15-14(12-20)6-7-16-18(3,4)17(21)9-10-19(15,16)5/h12-13,15-17,21-22H,6-11H2,1-5H3/t15-,16-,17-,19+,20+/m1/s1. The molecule has 126 valence electrons. The summed E-state index contributed by atoms with van der Waals surface area (Å²) < 4.78 is 0. The highest BCUT2D eigenvalue weighted by Gasteiger charge is 2.57. The van der Waals surface area contributed by atoms with E-state index in [1.807, 2.05) is 0 Å². The summed E-state index contributed by atoms with van der Waals surface area (Å²) >= 11 is 0. The van der Waals surface area contributed by atoms with Crippen LogP contribution in [0.2, 0.25) is 0 Å². The first kappa shape index (κ1) is 16.5. The molecule has 0 saturated heterocycles. The van der Waals surface area contributed by atoms with Gasteiger partial charge in [-0.25, -0.2) is 0 Å². The molecule has 3 rings (SSSR count). The quantitative estimate of drug-likeness (QED) is 0.709. The zero-order valence-electron chi connectivity index (χ0n) is 15.0. The monoisotopic (exact) mass is 306 g/mol. The fourth-order valence-electron chi connectivity index (χ4n) is 6.02. The number of fused-ring (bicyclic) bond motifs is 3. The molecule has 2 heteroatoms. The van der Waals surface area contributed by atoms with Crippen molar-refractivity contribution in [2.45, 2.75) is 84.8 Å². The molecule has 3 aliphatic rings. The van der Waals surface area contributed by atoms with Gasteiger partial charge in [0.05, 0.1) is 11.7 Å². The van der Waals surface area contributed by atoms with Gasteiger partial charge in [-0.2, -0.15) is 0 Å². The minimum atomic E-state index is -0.598. The molecule has 0 spiro atoms. The van der Waals surface area contributed by atoms with Crippen LogP contribution in [0.3, 0.4) is 0 Å². The summed E-state index contributed by atoms with van der Waals surface area (Å²) in [6.45, 7) is 11.3. The molecule has 0 unspecified atom stereocenters. The molecule has 2 fully saturated rings. The van der Waals surface area contributed by atoms with Crippen molar-refractivity contribution in [2.24, 2.45) is 28.6 Å². The molecule has 0 aromatic carbocycles. The molecule has 2 saturated carbocycles. The second-order valence-corrected chi connectivity index (χ2v) is 9.43. The average Bonchev–Trinajstić information content (AvgIpc) is 2.43. The lowest BCUT2D eigenvalue weighted by molar-refractivity contribution is -0.130. The molecule has 0 aliphatic heterocycles. The third-order valence-corrected chi connectivity index (χ3v) is 7.74. The SMILES string of the molecule is CC(C)[C@@]1(O)C=C2CC[C@@H]3C(C)(C)[C@H](O)CC[C@@]3(C)[C@@H]2CC1. The molecule has 2 nitrogen and oxygen atoms in total. The van der Waals surface area contributed by atoms with Crippen LogP contribution in [0.4, 0.5) is 0 Å². The molecule has 0 aromatic heterocycles. The van der Waals surface area contributed by atoms with Gasteiger partial charge >= 0.3 is 0 Å². The van der Waals surface area contributed by atoms with Gasteiger partial charge < -0.3 is 10.2 Å². The Morgan fingerprint density at radius 3 is 2.41 bits per heavy atom. The van der Waals surface area contributed by atoms with Crippen molar-refractivity contribution in [3.8, 4) is 0 Å². The van der Waals surface area contributed by atoms with Crippen LogP contribution < -0.4 is 0 Å². The molecule has 0 amide bonds. The first-order valence-electron chi connectivity index (χ1n) is 9.23. The summed E-state index contributed by atoms with van der Waals surface area (Å²) in [4.78, 5) is 0. The molecule has 0 aromatic rings. The van der Waals surface area contributed by atoms with E-state index in [0.717, 1.165) is 38.5 Å². The van der Waals surface area contributed by atoms with E-state index in [2.05, 4.69) is 40.7 Å². The van der Waals surface area contributed by atoms with Gasteiger partial charge in [-0.1, -0.05) is 46.3 Å². The zero-order valence-corrected chi connectivity index (χ0v) is 15.0. The third kappa shape index (κ3) is 2.21. The lowest BCUT2D eigenvalue weighted by Crippen LogP contribution is -2.56. The molecule has 3 aliphatic carbocycles. The maximum Gasteiger partial charge on any atom is 0.0853 e. The van der Waals surface area contributed by atoms with Gasteiger partial charge in [0.1, 0.15) is 0 Å². The molecule has 0 radical (unpaired) electrons. The second kappa shape index (κ2) is 5.08. The largest absolute Gasteiger partial charge is 0.393 e. The van der Waals surface area contributed by atoms with Gasteiger partial charge in [-0.3, -0.25) is 0 Å². The number of hydrogen-bond donors (Lipinski definition) is 2. The maximum absolute atomic E-state index is 10.9. The Labute approximate surface area is 136 Å². The fraction of sp³-hybridized carbons (Fsp3) is 0.900. The van der Waals surface area contributed by atoms with Crippen molar-refractivity contribution >= 4 is 0 Å². The number of rotatable bonds is 1. The van der Waals surface area contributed by atoms with Gasteiger partial charge in [-0.15, -0.1) is 0 Å². The Hall–Kier alpha value is -0.340. The lowest BCUT2D eigenvalue weighted by Gasteiger charge is -2.61. The molecule has 5 atom stereocenters. The molecular formula is C20H34O2. The average molecular weight is 306 g/mol. The van der Waals surface area contributed by atoms with Crippen LogP contribution in [0.15, 0.2) is 11.6 Å². The minimum absolute atomic E-state index is 0.0182. The van der Waals surface area contributed by atoms with Crippen molar-refractivity contribution in [1.29, 1.82) is 0 Å². The first-order chi connectivity index (χ1) is 10.1. The van der Waals surface area contributed by atoms with Crippen molar-refractivity contribution in [3.05, 3.63) is 11.6 Å². The zero-order chi connectivity index (χ0) is 16.3. The van der Waals surface area contributed by atoms with Crippen molar-refractivity contribution < 1.29 is 10.2 Å². The Morgan fingerprint density at radius 1 is 1.09 bits per heavy atom. The fourth-order valence-corrected chi connectivity index (χ4v) is 6.02. The van der Waals surface area contributed by atoms with E-state index in [9.17, 15) is 10.2 Å². The summed E-state index contributed by atoms with van der Waals surface area (Å²) in [7, 11) is 0. The molecular weight excluding hydrogens is 272 g/mol. The summed E-state index contributed by atoms with van der Waals surface area (Å²) in [5, 5.41) is 21.4. The highest BCUT2D eigenvalue weighted by atomic mass is 16.3. The van der Waals surface area contributed by atoms with Crippen LogP contribution in [-0.4, -0.2) is 21.9 Å². The maximum atomic E-state index is 10.9. The third-order valence-electron chi connectivity index (χ3n) is 7.74. The lowest BCUT2D eigenvalue weighted by atomic mass is 9.45. The van der Waals surface area contributed by atoms with E-state index in [1.165, 1.54) is 5.57 Å². The van der Waals surface area contributed by atoms with Gasteiger partial charge in [0.25, 0.3) is 0 Å². The van der Waals surface area contributed by atoms with E-state index in [0.29, 0.717) is 17.3 Å². The molecule has 0 bridgehead atoms. The molecule has 2 N–H and O–H groups in total. The van der Waals surface area contributed by atoms with Gasteiger partial charge in [-0.05, 0) is 67.1 Å². The van der Waals surface area contributed by atoms with Gasteiger partial charge in [0.2, 0.25) is 0 Å². The number of allylic oxidation sites excluding steroid dienone is 1. The summed E-state index contributed by atoms with van der Waals surface area (Å²) in [6, 6.07) is 0. The van der Waals surface area contributed by atoms with E-state index in [1.54, 1.807) is 0 Å². The van der Waals surface area contributed by atoms with Gasteiger partial charge in [0, 0.05) is 0 Å². The van der Waals surface area contributed by atoms with Crippen molar-refractivity contribution in [3.63, 3.8) is 0 Å². The van der Waals surface area contributed by atoms with Crippen molar-refractivity contribution in [2.75, 3.05) is 0 Å². The van der Waals surface area contributed by atoms with Crippen LogP contribution in [0.1, 0.15) is 73.1 Å².